The first-order chi connectivity index (χ1) is 7.60. The van der Waals surface area contributed by atoms with Crippen molar-refractivity contribution in [1.82, 2.24) is 10.6 Å². The number of rotatable bonds is 6. The van der Waals surface area contributed by atoms with Crippen LogP contribution < -0.4 is 10.6 Å². The van der Waals surface area contributed by atoms with Gasteiger partial charge in [-0.3, -0.25) is 9.79 Å². The summed E-state index contributed by atoms with van der Waals surface area (Å²) in [6.45, 7) is 9.74. The summed E-state index contributed by atoms with van der Waals surface area (Å²) in [7, 11) is 0. The highest BCUT2D eigenvalue weighted by atomic mass is 16.5. The third-order valence-electron chi connectivity index (χ3n) is 1.64. The molecule has 0 radical (unpaired) electrons. The van der Waals surface area contributed by atoms with Gasteiger partial charge >= 0.3 is 5.97 Å². The predicted octanol–water partition coefficient (Wildman–Crippen LogP) is 0.903. The first-order valence-electron chi connectivity index (χ1n) is 5.81. The highest BCUT2D eigenvalue weighted by Gasteiger charge is 2.04. The lowest BCUT2D eigenvalue weighted by Gasteiger charge is -2.09. The molecule has 0 aliphatic carbocycles. The molecule has 5 nitrogen and oxygen atoms in total. The van der Waals surface area contributed by atoms with E-state index in [4.69, 9.17) is 4.74 Å². The van der Waals surface area contributed by atoms with Gasteiger partial charge in [0.15, 0.2) is 5.96 Å². The Morgan fingerprint density at radius 1 is 1.25 bits per heavy atom. The van der Waals surface area contributed by atoms with Crippen molar-refractivity contribution < 1.29 is 9.53 Å². The lowest BCUT2D eigenvalue weighted by atomic mass is 10.4. The SMILES string of the molecule is CCNC(=NCCC(=O)OC(C)C)NCC. The minimum atomic E-state index is -0.203. The summed E-state index contributed by atoms with van der Waals surface area (Å²) in [6, 6.07) is 0. The Morgan fingerprint density at radius 3 is 2.25 bits per heavy atom. The molecule has 0 aliphatic heterocycles. The number of esters is 1. The van der Waals surface area contributed by atoms with Crippen molar-refractivity contribution in [2.45, 2.75) is 40.2 Å². The Bertz CT molecular complexity index is 219. The Kier molecular flexibility index (Phi) is 8.29. The molecule has 0 aromatic heterocycles. The zero-order chi connectivity index (χ0) is 12.4. The highest BCUT2D eigenvalue weighted by Crippen LogP contribution is 1.93. The zero-order valence-electron chi connectivity index (χ0n) is 10.7. The monoisotopic (exact) mass is 229 g/mol. The van der Waals surface area contributed by atoms with Gasteiger partial charge in [0.2, 0.25) is 0 Å². The molecule has 0 heterocycles. The molecule has 0 aromatic rings. The third-order valence-corrected chi connectivity index (χ3v) is 1.64. The molecule has 0 amide bonds. The number of ether oxygens (including phenoxy) is 1. The van der Waals surface area contributed by atoms with Crippen LogP contribution >= 0.6 is 0 Å². The van der Waals surface area contributed by atoms with Crippen LogP contribution in [0.3, 0.4) is 0 Å². The standard InChI is InChI=1S/C11H23N3O2/c1-5-12-11(13-6-2)14-8-7-10(15)16-9(3)4/h9H,5-8H2,1-4H3,(H2,12,13,14). The first-order valence-corrected chi connectivity index (χ1v) is 5.81. The quantitative estimate of drug-likeness (QED) is 0.403. The van der Waals surface area contributed by atoms with Gasteiger partial charge < -0.3 is 15.4 Å². The van der Waals surface area contributed by atoms with Crippen molar-refractivity contribution in [2.75, 3.05) is 19.6 Å². The van der Waals surface area contributed by atoms with Crippen LogP contribution in [0.15, 0.2) is 4.99 Å². The highest BCUT2D eigenvalue weighted by molar-refractivity contribution is 5.80. The summed E-state index contributed by atoms with van der Waals surface area (Å²) >= 11 is 0. The van der Waals surface area contributed by atoms with Crippen LogP contribution in [0.4, 0.5) is 0 Å². The van der Waals surface area contributed by atoms with Crippen LogP contribution in [0.1, 0.15) is 34.1 Å². The average Bonchev–Trinajstić information content (AvgIpc) is 2.17. The Balaban J connectivity index is 3.88. The summed E-state index contributed by atoms with van der Waals surface area (Å²) in [6.07, 6.45) is 0.261. The summed E-state index contributed by atoms with van der Waals surface area (Å²) in [5.41, 5.74) is 0. The lowest BCUT2D eigenvalue weighted by molar-refractivity contribution is -0.147. The van der Waals surface area contributed by atoms with E-state index < -0.39 is 0 Å². The number of hydrogen-bond acceptors (Lipinski definition) is 3. The molecule has 16 heavy (non-hydrogen) atoms. The number of carbonyl (C=O) groups is 1. The lowest BCUT2D eigenvalue weighted by Crippen LogP contribution is -2.37. The summed E-state index contributed by atoms with van der Waals surface area (Å²) in [5, 5.41) is 6.17. The zero-order valence-corrected chi connectivity index (χ0v) is 10.7. The van der Waals surface area contributed by atoms with Gasteiger partial charge in [0.25, 0.3) is 0 Å². The van der Waals surface area contributed by atoms with Gasteiger partial charge in [0, 0.05) is 13.1 Å². The van der Waals surface area contributed by atoms with Crippen LogP contribution in [0.5, 0.6) is 0 Å². The maximum Gasteiger partial charge on any atom is 0.307 e. The Morgan fingerprint density at radius 2 is 1.81 bits per heavy atom. The fraction of sp³-hybridized carbons (Fsp3) is 0.818. The van der Waals surface area contributed by atoms with Gasteiger partial charge in [-0.15, -0.1) is 0 Å². The Hall–Kier alpha value is -1.26. The summed E-state index contributed by atoms with van der Waals surface area (Å²) < 4.78 is 5.00. The van der Waals surface area contributed by atoms with Crippen LogP contribution in [-0.4, -0.2) is 37.7 Å². The fourth-order valence-electron chi connectivity index (χ4n) is 1.09. The molecule has 5 heteroatoms. The minimum Gasteiger partial charge on any atom is -0.463 e. The van der Waals surface area contributed by atoms with Gasteiger partial charge in [-0.2, -0.15) is 0 Å². The largest absolute Gasteiger partial charge is 0.463 e. The van der Waals surface area contributed by atoms with Crippen LogP contribution in [0.25, 0.3) is 0 Å². The van der Waals surface area contributed by atoms with Crippen LogP contribution in [-0.2, 0) is 9.53 Å². The molecule has 0 spiro atoms. The smallest absolute Gasteiger partial charge is 0.307 e. The van der Waals surface area contributed by atoms with Crippen LogP contribution in [0.2, 0.25) is 0 Å². The van der Waals surface area contributed by atoms with E-state index in [1.807, 2.05) is 27.7 Å². The Labute approximate surface area is 97.7 Å². The topological polar surface area (TPSA) is 62.7 Å². The molecular formula is C11H23N3O2. The minimum absolute atomic E-state index is 0.0570. The molecule has 0 fully saturated rings. The van der Waals surface area contributed by atoms with Crippen molar-refractivity contribution in [1.29, 1.82) is 0 Å². The molecule has 0 atom stereocenters. The second-order valence-electron chi connectivity index (χ2n) is 3.58. The molecule has 0 bridgehead atoms. The summed E-state index contributed by atoms with van der Waals surface area (Å²) in [5.74, 6) is 0.536. The predicted molar refractivity (Wildman–Crippen MR) is 65.5 cm³/mol. The van der Waals surface area contributed by atoms with Gasteiger partial charge in [0.05, 0.1) is 19.1 Å². The molecule has 0 aromatic carbocycles. The summed E-state index contributed by atoms with van der Waals surface area (Å²) in [4.78, 5) is 15.5. The van der Waals surface area contributed by atoms with E-state index in [9.17, 15) is 4.79 Å². The number of aliphatic imine (C=N–C) groups is 1. The molecule has 0 rings (SSSR count). The van der Waals surface area contributed by atoms with Gasteiger partial charge in [-0.05, 0) is 27.7 Å². The fourth-order valence-corrected chi connectivity index (χ4v) is 1.09. The number of carbonyl (C=O) groups excluding carboxylic acids is 1. The van der Waals surface area contributed by atoms with E-state index in [2.05, 4.69) is 15.6 Å². The maximum absolute atomic E-state index is 11.2. The van der Waals surface area contributed by atoms with E-state index in [1.54, 1.807) is 0 Å². The van der Waals surface area contributed by atoms with Crippen LogP contribution in [0, 0.1) is 0 Å². The number of hydrogen-bond donors (Lipinski definition) is 2. The van der Waals surface area contributed by atoms with E-state index in [1.165, 1.54) is 0 Å². The van der Waals surface area contributed by atoms with Gasteiger partial charge in [-0.25, -0.2) is 0 Å². The number of guanidine groups is 1. The second-order valence-corrected chi connectivity index (χ2v) is 3.58. The normalized spacial score (nSPS) is 9.81. The van der Waals surface area contributed by atoms with Crippen molar-refractivity contribution >= 4 is 11.9 Å². The number of nitrogens with one attached hydrogen (secondary N) is 2. The molecule has 2 N–H and O–H groups in total. The number of nitrogens with zero attached hydrogens (tertiary/aromatic N) is 1. The molecular weight excluding hydrogens is 206 g/mol. The average molecular weight is 229 g/mol. The van der Waals surface area contributed by atoms with Gasteiger partial charge in [-0.1, -0.05) is 0 Å². The molecule has 0 saturated heterocycles. The van der Waals surface area contributed by atoms with Crippen molar-refractivity contribution in [2.24, 2.45) is 4.99 Å². The van der Waals surface area contributed by atoms with Gasteiger partial charge in [0.1, 0.15) is 0 Å². The van der Waals surface area contributed by atoms with E-state index >= 15 is 0 Å². The molecule has 94 valence electrons. The second kappa shape index (κ2) is 9.00. The third kappa shape index (κ3) is 8.08. The van der Waals surface area contributed by atoms with E-state index in [0.717, 1.165) is 19.0 Å². The van der Waals surface area contributed by atoms with Crippen molar-refractivity contribution in [3.05, 3.63) is 0 Å². The maximum atomic E-state index is 11.2. The molecule has 0 aliphatic rings. The molecule has 0 unspecified atom stereocenters. The first kappa shape index (κ1) is 14.7. The van der Waals surface area contributed by atoms with Crippen molar-refractivity contribution in [3.8, 4) is 0 Å². The van der Waals surface area contributed by atoms with E-state index in [0.29, 0.717) is 13.0 Å². The van der Waals surface area contributed by atoms with Crippen molar-refractivity contribution in [3.63, 3.8) is 0 Å². The van der Waals surface area contributed by atoms with E-state index in [-0.39, 0.29) is 12.1 Å². The molecule has 0 saturated carbocycles.